The van der Waals surface area contributed by atoms with Gasteiger partial charge in [-0.15, -0.1) is 0 Å². The third-order valence-corrected chi connectivity index (χ3v) is 4.94. The molecular formula is C20H20BrF3N2O. The third-order valence-electron chi connectivity index (χ3n) is 4.41. The molecule has 144 valence electrons. The van der Waals surface area contributed by atoms with Crippen molar-refractivity contribution in [3.05, 3.63) is 69.7 Å². The molecule has 7 heteroatoms. The Morgan fingerprint density at radius 1 is 1.00 bits per heavy atom. The molecule has 3 rings (SSSR count). The zero-order chi connectivity index (χ0) is 19.4. The van der Waals surface area contributed by atoms with Gasteiger partial charge in [-0.1, -0.05) is 40.2 Å². The molecule has 3 nitrogen and oxygen atoms in total. The predicted molar refractivity (Wildman–Crippen MR) is 101 cm³/mol. The Bertz CT molecular complexity index is 771. The molecule has 0 bridgehead atoms. The zero-order valence-electron chi connectivity index (χ0n) is 14.6. The van der Waals surface area contributed by atoms with E-state index in [0.29, 0.717) is 6.04 Å². The smallest absolute Gasteiger partial charge is 0.343 e. The van der Waals surface area contributed by atoms with Crippen molar-refractivity contribution >= 4 is 21.8 Å². The van der Waals surface area contributed by atoms with Crippen LogP contribution in [0.3, 0.4) is 0 Å². The van der Waals surface area contributed by atoms with Crippen LogP contribution in [-0.2, 0) is 13.1 Å². The lowest BCUT2D eigenvalue weighted by Gasteiger charge is -2.22. The first-order chi connectivity index (χ1) is 12.8. The Labute approximate surface area is 164 Å². The van der Waals surface area contributed by atoms with Crippen LogP contribution in [0.15, 0.2) is 53.0 Å². The van der Waals surface area contributed by atoms with Crippen LogP contribution in [0.25, 0.3) is 0 Å². The van der Waals surface area contributed by atoms with E-state index in [-0.39, 0.29) is 5.56 Å². The molecule has 0 spiro atoms. The SMILES string of the molecule is O=C(NCC(F)(F)F)c1ccc(CN(Cc2ccc(Br)cc2)C2CC2)cc1. The second-order valence-corrected chi connectivity index (χ2v) is 7.67. The van der Waals surface area contributed by atoms with Crippen LogP contribution >= 0.6 is 15.9 Å². The van der Waals surface area contributed by atoms with E-state index in [1.165, 1.54) is 18.4 Å². The highest BCUT2D eigenvalue weighted by Gasteiger charge is 2.29. The number of hydrogen-bond acceptors (Lipinski definition) is 2. The lowest BCUT2D eigenvalue weighted by molar-refractivity contribution is -0.123. The molecule has 1 aliphatic rings. The number of amides is 1. The average Bonchev–Trinajstić information content (AvgIpc) is 3.46. The highest BCUT2D eigenvalue weighted by molar-refractivity contribution is 9.10. The van der Waals surface area contributed by atoms with Crippen LogP contribution in [0.5, 0.6) is 0 Å². The minimum absolute atomic E-state index is 0.230. The van der Waals surface area contributed by atoms with Gasteiger partial charge in [-0.25, -0.2) is 0 Å². The largest absolute Gasteiger partial charge is 0.405 e. The summed E-state index contributed by atoms with van der Waals surface area (Å²) in [5.41, 5.74) is 2.49. The molecule has 0 unspecified atom stereocenters. The summed E-state index contributed by atoms with van der Waals surface area (Å²) in [5.74, 6) is -0.715. The molecule has 2 aromatic carbocycles. The maximum atomic E-state index is 12.2. The minimum Gasteiger partial charge on any atom is -0.343 e. The van der Waals surface area contributed by atoms with Crippen LogP contribution in [0.1, 0.15) is 34.3 Å². The number of rotatable bonds is 7. The Morgan fingerprint density at radius 2 is 1.52 bits per heavy atom. The molecular weight excluding hydrogens is 421 g/mol. The standard InChI is InChI=1S/C20H20BrF3N2O/c21-17-7-3-15(4-8-17)12-26(18-9-10-18)11-14-1-5-16(6-2-14)19(27)25-13-20(22,23)24/h1-8,18H,9-13H2,(H,25,27). The Hall–Kier alpha value is -1.86. The van der Waals surface area contributed by atoms with E-state index in [1.54, 1.807) is 24.3 Å². The molecule has 1 amide bonds. The van der Waals surface area contributed by atoms with Gasteiger partial charge in [0.2, 0.25) is 0 Å². The van der Waals surface area contributed by atoms with Gasteiger partial charge in [0, 0.05) is 29.2 Å². The molecule has 0 aromatic heterocycles. The first-order valence-corrected chi connectivity index (χ1v) is 9.52. The van der Waals surface area contributed by atoms with Crippen molar-refractivity contribution in [1.82, 2.24) is 10.2 Å². The van der Waals surface area contributed by atoms with Crippen molar-refractivity contribution in [2.24, 2.45) is 0 Å². The summed E-state index contributed by atoms with van der Waals surface area (Å²) in [5, 5.41) is 1.89. The van der Waals surface area contributed by atoms with Crippen LogP contribution in [0, 0.1) is 0 Å². The summed E-state index contributed by atoms with van der Waals surface area (Å²) >= 11 is 3.44. The van der Waals surface area contributed by atoms with Gasteiger partial charge in [-0.3, -0.25) is 9.69 Å². The molecule has 0 atom stereocenters. The number of nitrogens with one attached hydrogen (secondary N) is 1. The fourth-order valence-corrected chi connectivity index (χ4v) is 3.12. The van der Waals surface area contributed by atoms with Crippen LogP contribution < -0.4 is 5.32 Å². The van der Waals surface area contributed by atoms with Gasteiger partial charge in [0.25, 0.3) is 5.91 Å². The number of nitrogens with zero attached hydrogens (tertiary/aromatic N) is 1. The molecule has 0 saturated heterocycles. The summed E-state index contributed by atoms with van der Waals surface area (Å²) in [6, 6.07) is 15.5. The second-order valence-electron chi connectivity index (χ2n) is 6.76. The second kappa shape index (κ2) is 8.44. The molecule has 1 aliphatic carbocycles. The first-order valence-electron chi connectivity index (χ1n) is 8.72. The predicted octanol–water partition coefficient (Wildman–Crippen LogP) is 4.91. The molecule has 1 fully saturated rings. The number of carbonyl (C=O) groups is 1. The topological polar surface area (TPSA) is 32.3 Å². The fraction of sp³-hybridized carbons (Fsp3) is 0.350. The third kappa shape index (κ3) is 6.36. The van der Waals surface area contributed by atoms with Crippen molar-refractivity contribution in [3.63, 3.8) is 0 Å². The molecule has 2 aromatic rings. The lowest BCUT2D eigenvalue weighted by atomic mass is 10.1. The average molecular weight is 441 g/mol. The van der Waals surface area contributed by atoms with Crippen molar-refractivity contribution in [1.29, 1.82) is 0 Å². The number of alkyl halides is 3. The van der Waals surface area contributed by atoms with Gasteiger partial charge in [-0.2, -0.15) is 13.2 Å². The molecule has 0 aliphatic heterocycles. The van der Waals surface area contributed by atoms with Crippen LogP contribution in [0.2, 0.25) is 0 Å². The Balaban J connectivity index is 1.60. The van der Waals surface area contributed by atoms with Gasteiger partial charge in [0.1, 0.15) is 6.54 Å². The maximum absolute atomic E-state index is 12.2. The number of carbonyl (C=O) groups excluding carboxylic acids is 1. The highest BCUT2D eigenvalue weighted by Crippen LogP contribution is 2.30. The van der Waals surface area contributed by atoms with Crippen LogP contribution in [-0.4, -0.2) is 29.6 Å². The van der Waals surface area contributed by atoms with E-state index >= 15 is 0 Å². The first kappa shape index (κ1) is 19.9. The van der Waals surface area contributed by atoms with E-state index in [2.05, 4.69) is 33.0 Å². The number of hydrogen-bond donors (Lipinski definition) is 1. The lowest BCUT2D eigenvalue weighted by Crippen LogP contribution is -2.33. The van der Waals surface area contributed by atoms with E-state index in [0.717, 1.165) is 23.1 Å². The van der Waals surface area contributed by atoms with Crippen molar-refractivity contribution in [2.75, 3.05) is 6.54 Å². The van der Waals surface area contributed by atoms with Crippen molar-refractivity contribution in [2.45, 2.75) is 38.1 Å². The summed E-state index contributed by atoms with van der Waals surface area (Å²) in [4.78, 5) is 14.2. The fourth-order valence-electron chi connectivity index (χ4n) is 2.86. The van der Waals surface area contributed by atoms with E-state index in [1.807, 2.05) is 17.4 Å². The molecule has 1 saturated carbocycles. The summed E-state index contributed by atoms with van der Waals surface area (Å²) in [6.45, 7) is 0.257. The molecule has 27 heavy (non-hydrogen) atoms. The Morgan fingerprint density at radius 3 is 2.00 bits per heavy atom. The van der Waals surface area contributed by atoms with E-state index < -0.39 is 18.6 Å². The summed E-state index contributed by atoms with van der Waals surface area (Å²) < 4.78 is 37.6. The monoisotopic (exact) mass is 440 g/mol. The number of halogens is 4. The normalized spacial score (nSPS) is 14.4. The molecule has 0 heterocycles. The highest BCUT2D eigenvalue weighted by atomic mass is 79.9. The minimum atomic E-state index is -4.41. The number of benzene rings is 2. The van der Waals surface area contributed by atoms with Gasteiger partial charge >= 0.3 is 6.18 Å². The van der Waals surface area contributed by atoms with Gasteiger partial charge in [-0.05, 0) is 48.2 Å². The molecule has 1 N–H and O–H groups in total. The summed E-state index contributed by atoms with van der Waals surface area (Å²) in [7, 11) is 0. The zero-order valence-corrected chi connectivity index (χ0v) is 16.2. The summed E-state index contributed by atoms with van der Waals surface area (Å²) in [6.07, 6.45) is -2.06. The Kier molecular flexibility index (Phi) is 6.22. The maximum Gasteiger partial charge on any atom is 0.405 e. The van der Waals surface area contributed by atoms with Crippen molar-refractivity contribution in [3.8, 4) is 0 Å². The van der Waals surface area contributed by atoms with Gasteiger partial charge in [0.05, 0.1) is 0 Å². The quantitative estimate of drug-likeness (QED) is 0.663. The van der Waals surface area contributed by atoms with E-state index in [9.17, 15) is 18.0 Å². The van der Waals surface area contributed by atoms with Gasteiger partial charge < -0.3 is 5.32 Å². The molecule has 0 radical (unpaired) electrons. The van der Waals surface area contributed by atoms with Crippen molar-refractivity contribution < 1.29 is 18.0 Å². The van der Waals surface area contributed by atoms with E-state index in [4.69, 9.17) is 0 Å². The van der Waals surface area contributed by atoms with Gasteiger partial charge in [0.15, 0.2) is 0 Å². The van der Waals surface area contributed by atoms with Crippen LogP contribution in [0.4, 0.5) is 13.2 Å².